The third-order valence-corrected chi connectivity index (χ3v) is 4.51. The minimum atomic E-state index is 0.617. The van der Waals surface area contributed by atoms with Crippen LogP contribution in [0, 0.1) is 0 Å². The van der Waals surface area contributed by atoms with Gasteiger partial charge in [0.1, 0.15) is 11.4 Å². The van der Waals surface area contributed by atoms with Crippen molar-refractivity contribution < 1.29 is 5.21 Å². The monoisotopic (exact) mass is 311 g/mol. The first kappa shape index (κ1) is 13.1. The zero-order valence-corrected chi connectivity index (χ0v) is 12.7. The lowest BCUT2D eigenvalue weighted by atomic mass is 9.98. The van der Waals surface area contributed by atoms with Crippen LogP contribution in [0.3, 0.4) is 0 Å². The van der Waals surface area contributed by atoms with Gasteiger partial charge in [0.05, 0.1) is 5.69 Å². The van der Waals surface area contributed by atoms with E-state index < -0.39 is 0 Å². The summed E-state index contributed by atoms with van der Waals surface area (Å²) in [6.45, 7) is 0. The molecule has 4 heteroatoms. The van der Waals surface area contributed by atoms with Gasteiger partial charge in [-0.25, -0.2) is 4.98 Å². The maximum absolute atomic E-state index is 9.50. The van der Waals surface area contributed by atoms with Gasteiger partial charge in [0.15, 0.2) is 0 Å². The van der Waals surface area contributed by atoms with Crippen molar-refractivity contribution in [3.05, 3.63) is 84.2 Å². The average Bonchev–Trinajstić information content (AvgIpc) is 3.20. The van der Waals surface area contributed by atoms with Gasteiger partial charge >= 0.3 is 0 Å². The molecule has 5 rings (SSSR count). The highest BCUT2D eigenvalue weighted by Crippen LogP contribution is 2.42. The van der Waals surface area contributed by atoms with E-state index in [4.69, 9.17) is 4.98 Å². The van der Waals surface area contributed by atoms with E-state index >= 15 is 0 Å². The number of hydrogen-bond acceptors (Lipinski definition) is 3. The molecule has 0 amide bonds. The molecule has 114 valence electrons. The van der Waals surface area contributed by atoms with Gasteiger partial charge in [0.2, 0.25) is 0 Å². The lowest BCUT2D eigenvalue weighted by Gasteiger charge is -2.06. The first-order valence-electron chi connectivity index (χ1n) is 7.76. The fourth-order valence-electron chi connectivity index (χ4n) is 3.48. The summed E-state index contributed by atoms with van der Waals surface area (Å²) in [5.74, 6) is 0. The SMILES string of the molecule is O/N=C1/c2ccccc2-c2c1cccc2-c1cn2ccccc2n1. The minimum Gasteiger partial charge on any atom is -0.410 e. The molecule has 1 N–H and O–H groups in total. The number of nitrogens with zero attached hydrogens (tertiary/aromatic N) is 3. The second kappa shape index (κ2) is 4.80. The Morgan fingerprint density at radius 1 is 0.792 bits per heavy atom. The topological polar surface area (TPSA) is 49.9 Å². The van der Waals surface area contributed by atoms with Crippen LogP contribution in [-0.4, -0.2) is 20.3 Å². The lowest BCUT2D eigenvalue weighted by molar-refractivity contribution is 0.320. The largest absolute Gasteiger partial charge is 0.410 e. The predicted molar refractivity (Wildman–Crippen MR) is 93.5 cm³/mol. The fourth-order valence-corrected chi connectivity index (χ4v) is 3.48. The van der Waals surface area contributed by atoms with Crippen molar-refractivity contribution in [2.75, 3.05) is 0 Å². The summed E-state index contributed by atoms with van der Waals surface area (Å²) < 4.78 is 2.01. The zero-order valence-electron chi connectivity index (χ0n) is 12.7. The number of hydrogen-bond donors (Lipinski definition) is 1. The molecule has 4 nitrogen and oxygen atoms in total. The molecule has 0 unspecified atom stereocenters. The molecule has 2 heterocycles. The molecule has 0 aliphatic heterocycles. The zero-order chi connectivity index (χ0) is 16.1. The normalized spacial score (nSPS) is 14.1. The Kier molecular flexibility index (Phi) is 2.61. The molecule has 0 spiro atoms. The van der Waals surface area contributed by atoms with E-state index in [1.807, 2.05) is 65.3 Å². The van der Waals surface area contributed by atoms with E-state index in [1.54, 1.807) is 0 Å². The first-order chi connectivity index (χ1) is 11.9. The predicted octanol–water partition coefficient (Wildman–Crippen LogP) is 4.21. The van der Waals surface area contributed by atoms with E-state index in [9.17, 15) is 5.21 Å². The van der Waals surface area contributed by atoms with Crippen LogP contribution in [-0.2, 0) is 0 Å². The Balaban J connectivity index is 1.84. The fraction of sp³-hybridized carbons (Fsp3) is 0. The van der Waals surface area contributed by atoms with Crippen LogP contribution < -0.4 is 0 Å². The summed E-state index contributed by atoms with van der Waals surface area (Å²) in [5.41, 5.74) is 7.52. The summed E-state index contributed by atoms with van der Waals surface area (Å²) in [7, 11) is 0. The second-order valence-corrected chi connectivity index (χ2v) is 5.81. The van der Waals surface area contributed by atoms with E-state index in [1.165, 1.54) is 0 Å². The van der Waals surface area contributed by atoms with Gasteiger partial charge in [-0.05, 0) is 17.7 Å². The van der Waals surface area contributed by atoms with E-state index in [0.717, 1.165) is 39.2 Å². The van der Waals surface area contributed by atoms with E-state index in [0.29, 0.717) is 5.71 Å². The maximum atomic E-state index is 9.50. The van der Waals surface area contributed by atoms with E-state index in [-0.39, 0.29) is 0 Å². The highest BCUT2D eigenvalue weighted by atomic mass is 16.4. The maximum Gasteiger partial charge on any atom is 0.137 e. The molecular formula is C20H13N3O. The van der Waals surface area contributed by atoms with Crippen molar-refractivity contribution in [1.82, 2.24) is 9.38 Å². The molecule has 2 aromatic heterocycles. The Morgan fingerprint density at radius 2 is 1.54 bits per heavy atom. The van der Waals surface area contributed by atoms with Crippen LogP contribution in [0.1, 0.15) is 11.1 Å². The number of imidazole rings is 1. The summed E-state index contributed by atoms with van der Waals surface area (Å²) in [6.07, 6.45) is 4.02. The van der Waals surface area contributed by atoms with Gasteiger partial charge < -0.3 is 9.61 Å². The Bertz CT molecular complexity index is 1090. The highest BCUT2D eigenvalue weighted by Gasteiger charge is 2.28. The van der Waals surface area contributed by atoms with Crippen molar-refractivity contribution in [2.45, 2.75) is 0 Å². The van der Waals surface area contributed by atoms with Crippen molar-refractivity contribution in [2.24, 2.45) is 5.16 Å². The smallest absolute Gasteiger partial charge is 0.137 e. The molecule has 1 aliphatic rings. The molecule has 24 heavy (non-hydrogen) atoms. The molecule has 0 atom stereocenters. The van der Waals surface area contributed by atoms with Gasteiger partial charge in [-0.2, -0.15) is 0 Å². The van der Waals surface area contributed by atoms with Crippen molar-refractivity contribution in [3.8, 4) is 22.4 Å². The molecule has 0 bridgehead atoms. The standard InChI is InChI=1S/C20H13N3O/c24-22-20-14-7-2-1-6-13(14)19-15(8-5-9-16(19)20)17-12-23-11-4-3-10-18(23)21-17/h1-12,24H/b22-20-. The molecule has 0 saturated heterocycles. The Hall–Kier alpha value is -3.40. The van der Waals surface area contributed by atoms with Crippen LogP contribution >= 0.6 is 0 Å². The van der Waals surface area contributed by atoms with Crippen molar-refractivity contribution >= 4 is 11.4 Å². The highest BCUT2D eigenvalue weighted by molar-refractivity contribution is 6.26. The quantitative estimate of drug-likeness (QED) is 0.372. The molecule has 0 radical (unpaired) electrons. The number of aromatic nitrogens is 2. The van der Waals surface area contributed by atoms with Crippen molar-refractivity contribution in [1.29, 1.82) is 0 Å². The van der Waals surface area contributed by atoms with Gasteiger partial charge in [0, 0.05) is 34.6 Å². The lowest BCUT2D eigenvalue weighted by Crippen LogP contribution is -1.97. The first-order valence-corrected chi connectivity index (χ1v) is 7.76. The number of fused-ring (bicyclic) bond motifs is 4. The van der Waals surface area contributed by atoms with Crippen LogP contribution in [0.4, 0.5) is 0 Å². The molecule has 0 fully saturated rings. The van der Waals surface area contributed by atoms with Crippen LogP contribution in [0.5, 0.6) is 0 Å². The average molecular weight is 311 g/mol. The number of benzene rings is 2. The van der Waals surface area contributed by atoms with Crippen molar-refractivity contribution in [3.63, 3.8) is 0 Å². The van der Waals surface area contributed by atoms with E-state index in [2.05, 4.69) is 17.3 Å². The number of rotatable bonds is 1. The number of oxime groups is 1. The molecule has 1 aliphatic carbocycles. The summed E-state index contributed by atoms with van der Waals surface area (Å²) in [4.78, 5) is 4.74. The molecule has 0 saturated carbocycles. The van der Waals surface area contributed by atoms with Crippen LogP contribution in [0.15, 0.2) is 78.2 Å². The minimum absolute atomic E-state index is 0.617. The molecular weight excluding hydrogens is 298 g/mol. The Morgan fingerprint density at radius 3 is 2.38 bits per heavy atom. The summed E-state index contributed by atoms with van der Waals surface area (Å²) in [5, 5.41) is 13.0. The summed E-state index contributed by atoms with van der Waals surface area (Å²) >= 11 is 0. The third kappa shape index (κ3) is 1.68. The van der Waals surface area contributed by atoms with Gasteiger partial charge in [-0.15, -0.1) is 0 Å². The van der Waals surface area contributed by atoms with Gasteiger partial charge in [-0.3, -0.25) is 0 Å². The number of pyridine rings is 1. The van der Waals surface area contributed by atoms with Crippen LogP contribution in [0.2, 0.25) is 0 Å². The third-order valence-electron chi connectivity index (χ3n) is 4.51. The summed E-state index contributed by atoms with van der Waals surface area (Å²) in [6, 6.07) is 20.0. The van der Waals surface area contributed by atoms with Gasteiger partial charge in [-0.1, -0.05) is 53.7 Å². The van der Waals surface area contributed by atoms with Gasteiger partial charge in [0.25, 0.3) is 0 Å². The van der Waals surface area contributed by atoms with Crippen LogP contribution in [0.25, 0.3) is 28.0 Å². The molecule has 2 aromatic carbocycles. The Labute approximate surface area is 138 Å². The second-order valence-electron chi connectivity index (χ2n) is 5.81. The molecule has 4 aromatic rings.